The Morgan fingerprint density at radius 1 is 1.19 bits per heavy atom. The second-order valence-electron chi connectivity index (χ2n) is 5.74. The highest BCUT2D eigenvalue weighted by Gasteiger charge is 2.19. The number of halogens is 3. The van der Waals surface area contributed by atoms with Gasteiger partial charge in [-0.25, -0.2) is 4.98 Å². The highest BCUT2D eigenvalue weighted by atomic mass is 35.5. The van der Waals surface area contributed by atoms with E-state index in [1.54, 1.807) is 29.7 Å². The van der Waals surface area contributed by atoms with Crippen LogP contribution < -0.4 is 10.7 Å². The molecule has 0 fully saturated rings. The van der Waals surface area contributed by atoms with Crippen molar-refractivity contribution in [1.29, 1.82) is 0 Å². The first-order valence-corrected chi connectivity index (χ1v) is 9.09. The third-order valence-corrected chi connectivity index (χ3v) is 4.84. The second kappa shape index (κ2) is 7.84. The molecule has 8 heteroatoms. The van der Waals surface area contributed by atoms with Crippen LogP contribution in [0.1, 0.15) is 12.1 Å². The quantitative estimate of drug-likeness (QED) is 0.608. The number of rotatable bonds is 5. The second-order valence-corrected chi connectivity index (χ2v) is 6.96. The van der Waals surface area contributed by atoms with E-state index in [9.17, 15) is 4.79 Å². The maximum Gasteiger partial charge on any atom is 0.193 e. The molecule has 0 aliphatic carbocycles. The first kappa shape index (κ1) is 19.0. The van der Waals surface area contributed by atoms with Gasteiger partial charge in [-0.2, -0.15) is 0 Å². The van der Waals surface area contributed by atoms with Gasteiger partial charge in [0.15, 0.2) is 5.43 Å². The number of benzene rings is 1. The third kappa shape index (κ3) is 3.40. The molecule has 1 aromatic carbocycles. The highest BCUT2D eigenvalue weighted by molar-refractivity contribution is 6.38. The van der Waals surface area contributed by atoms with Crippen LogP contribution in [0.2, 0.25) is 15.1 Å². The summed E-state index contributed by atoms with van der Waals surface area (Å²) < 4.78 is 1.77. The number of anilines is 1. The van der Waals surface area contributed by atoms with Gasteiger partial charge in [-0.1, -0.05) is 40.9 Å². The van der Waals surface area contributed by atoms with Gasteiger partial charge < -0.3 is 15.0 Å². The number of aromatic nitrogens is 2. The molecule has 3 rings (SSSR count). The van der Waals surface area contributed by atoms with Crippen molar-refractivity contribution < 1.29 is 5.11 Å². The van der Waals surface area contributed by atoms with Gasteiger partial charge in [-0.15, -0.1) is 0 Å². The number of hydrogen-bond acceptors (Lipinski definition) is 4. The molecular formula is C18H16Cl3N3O2. The molecule has 26 heavy (non-hydrogen) atoms. The molecule has 0 atom stereocenters. The summed E-state index contributed by atoms with van der Waals surface area (Å²) in [6, 6.07) is 6.69. The van der Waals surface area contributed by atoms with Crippen LogP contribution in [-0.4, -0.2) is 27.8 Å². The molecule has 0 aliphatic heterocycles. The van der Waals surface area contributed by atoms with Crippen molar-refractivity contribution in [3.8, 4) is 5.69 Å². The fraction of sp³-hybridized carbons (Fsp3) is 0.222. The van der Waals surface area contributed by atoms with Crippen molar-refractivity contribution in [2.45, 2.75) is 13.3 Å². The monoisotopic (exact) mass is 411 g/mol. The normalized spacial score (nSPS) is 11.1. The van der Waals surface area contributed by atoms with Gasteiger partial charge in [-0.3, -0.25) is 4.79 Å². The molecule has 0 bridgehead atoms. The molecule has 0 radical (unpaired) electrons. The van der Waals surface area contributed by atoms with Crippen LogP contribution in [-0.2, 0) is 0 Å². The van der Waals surface area contributed by atoms with E-state index in [0.29, 0.717) is 56.1 Å². The molecule has 0 spiro atoms. The maximum absolute atomic E-state index is 12.7. The molecule has 0 aliphatic rings. The van der Waals surface area contributed by atoms with E-state index >= 15 is 0 Å². The van der Waals surface area contributed by atoms with Crippen LogP contribution in [0.3, 0.4) is 0 Å². The van der Waals surface area contributed by atoms with Gasteiger partial charge in [-0.05, 0) is 25.5 Å². The number of hydrogen-bond donors (Lipinski definition) is 2. The molecule has 0 amide bonds. The van der Waals surface area contributed by atoms with E-state index in [0.717, 1.165) is 0 Å². The van der Waals surface area contributed by atoms with Crippen LogP contribution in [0.15, 0.2) is 35.3 Å². The van der Waals surface area contributed by atoms with Gasteiger partial charge in [0, 0.05) is 24.9 Å². The van der Waals surface area contributed by atoms with E-state index in [-0.39, 0.29) is 12.0 Å². The lowest BCUT2D eigenvalue weighted by Crippen LogP contribution is -2.15. The summed E-state index contributed by atoms with van der Waals surface area (Å²) in [6.45, 7) is 2.30. The van der Waals surface area contributed by atoms with E-state index < -0.39 is 0 Å². The van der Waals surface area contributed by atoms with Crippen LogP contribution in [0, 0.1) is 6.92 Å². The standard InChI is InChI=1S/C18H16Cl3N3O2/c1-10-8-14(26)15-17(13(21)9-23-18(15)22-6-3-7-25)24(10)16-11(19)4-2-5-12(16)20/h2,4-5,8-9,25H,3,6-7H2,1H3,(H,22,23). The Balaban J connectivity index is 2.38. The Bertz CT molecular complexity index is 1010. The smallest absolute Gasteiger partial charge is 0.193 e. The van der Waals surface area contributed by atoms with Crippen LogP contribution >= 0.6 is 34.8 Å². The summed E-state index contributed by atoms with van der Waals surface area (Å²) in [5, 5.41) is 13.6. The molecule has 2 N–H and O–H groups in total. The lowest BCUT2D eigenvalue weighted by Gasteiger charge is -2.19. The highest BCUT2D eigenvalue weighted by Crippen LogP contribution is 2.35. The van der Waals surface area contributed by atoms with Crippen molar-refractivity contribution in [2.75, 3.05) is 18.5 Å². The number of fused-ring (bicyclic) bond motifs is 1. The molecule has 0 saturated carbocycles. The Labute approximate surface area is 165 Å². The predicted molar refractivity (Wildman–Crippen MR) is 107 cm³/mol. The number of para-hydroxylation sites is 1. The fourth-order valence-corrected chi connectivity index (χ4v) is 3.64. The minimum atomic E-state index is -0.210. The summed E-state index contributed by atoms with van der Waals surface area (Å²) in [5.41, 5.74) is 1.46. The van der Waals surface area contributed by atoms with E-state index in [4.69, 9.17) is 39.9 Å². The molecule has 2 heterocycles. The Hall–Kier alpha value is -1.79. The van der Waals surface area contributed by atoms with Crippen molar-refractivity contribution in [3.05, 3.63) is 61.4 Å². The maximum atomic E-state index is 12.7. The zero-order chi connectivity index (χ0) is 18.8. The number of aliphatic hydroxyl groups is 1. The van der Waals surface area contributed by atoms with E-state index in [1.807, 2.05) is 0 Å². The Kier molecular flexibility index (Phi) is 5.73. The largest absolute Gasteiger partial charge is 0.396 e. The number of aryl methyl sites for hydroxylation is 1. The summed E-state index contributed by atoms with van der Waals surface area (Å²) in [6.07, 6.45) is 2.01. The number of aliphatic hydroxyl groups excluding tert-OH is 1. The van der Waals surface area contributed by atoms with Gasteiger partial charge in [0.05, 0.1) is 37.9 Å². The SMILES string of the molecule is Cc1cc(=O)c2c(NCCCO)ncc(Cl)c2n1-c1c(Cl)cccc1Cl. The summed E-state index contributed by atoms with van der Waals surface area (Å²) in [7, 11) is 0. The van der Waals surface area contributed by atoms with Crippen LogP contribution in [0.25, 0.3) is 16.6 Å². The first-order valence-electron chi connectivity index (χ1n) is 7.95. The minimum absolute atomic E-state index is 0.0388. The number of pyridine rings is 2. The molecule has 2 aromatic heterocycles. The molecule has 136 valence electrons. The lowest BCUT2D eigenvalue weighted by atomic mass is 10.1. The van der Waals surface area contributed by atoms with Crippen LogP contribution in [0.5, 0.6) is 0 Å². The Morgan fingerprint density at radius 2 is 1.88 bits per heavy atom. The van der Waals surface area contributed by atoms with Crippen molar-refractivity contribution in [2.24, 2.45) is 0 Å². The average molecular weight is 413 g/mol. The lowest BCUT2D eigenvalue weighted by molar-refractivity contribution is 0.292. The summed E-state index contributed by atoms with van der Waals surface area (Å²) in [5.74, 6) is 0.403. The zero-order valence-corrected chi connectivity index (χ0v) is 16.2. The first-order chi connectivity index (χ1) is 12.5. The fourth-order valence-electron chi connectivity index (χ4n) is 2.84. The van der Waals surface area contributed by atoms with Crippen molar-refractivity contribution in [3.63, 3.8) is 0 Å². The van der Waals surface area contributed by atoms with Crippen LogP contribution in [0.4, 0.5) is 5.82 Å². The zero-order valence-electron chi connectivity index (χ0n) is 13.9. The Morgan fingerprint density at radius 3 is 2.54 bits per heavy atom. The summed E-state index contributed by atoms with van der Waals surface area (Å²) in [4.78, 5) is 16.9. The molecule has 0 saturated heterocycles. The van der Waals surface area contributed by atoms with E-state index in [2.05, 4.69) is 10.3 Å². The number of nitrogens with zero attached hydrogens (tertiary/aromatic N) is 2. The topological polar surface area (TPSA) is 67.2 Å². The minimum Gasteiger partial charge on any atom is -0.396 e. The third-order valence-electron chi connectivity index (χ3n) is 3.96. The molecule has 5 nitrogen and oxygen atoms in total. The molecular weight excluding hydrogens is 397 g/mol. The van der Waals surface area contributed by atoms with Gasteiger partial charge in [0.25, 0.3) is 0 Å². The van der Waals surface area contributed by atoms with Crippen molar-refractivity contribution >= 4 is 51.5 Å². The van der Waals surface area contributed by atoms with Crippen molar-refractivity contribution in [1.82, 2.24) is 9.55 Å². The van der Waals surface area contributed by atoms with Gasteiger partial charge >= 0.3 is 0 Å². The number of nitrogens with one attached hydrogen (secondary N) is 1. The average Bonchev–Trinajstić information content (AvgIpc) is 2.59. The molecule has 0 unspecified atom stereocenters. The molecule has 3 aromatic rings. The van der Waals surface area contributed by atoms with Gasteiger partial charge in [0.2, 0.25) is 0 Å². The van der Waals surface area contributed by atoms with Gasteiger partial charge in [0.1, 0.15) is 5.82 Å². The predicted octanol–water partition coefficient (Wildman–Crippen LogP) is 4.45. The van der Waals surface area contributed by atoms with E-state index in [1.165, 1.54) is 12.3 Å². The summed E-state index contributed by atoms with van der Waals surface area (Å²) >= 11 is 19.2.